The summed E-state index contributed by atoms with van der Waals surface area (Å²) >= 11 is 0. The second-order valence-corrected chi connectivity index (χ2v) is 5.22. The van der Waals surface area contributed by atoms with Gasteiger partial charge in [-0.1, -0.05) is 19.0 Å². The van der Waals surface area contributed by atoms with Crippen molar-refractivity contribution in [3.05, 3.63) is 17.5 Å². The zero-order chi connectivity index (χ0) is 13.1. The summed E-state index contributed by atoms with van der Waals surface area (Å²) in [5.41, 5.74) is 1.31. The topological polar surface area (TPSA) is 66.9 Å². The summed E-state index contributed by atoms with van der Waals surface area (Å²) in [7, 11) is 0. The number of ketones is 1. The predicted octanol–water partition coefficient (Wildman–Crippen LogP) is 2.85. The molecule has 4 heteroatoms. The summed E-state index contributed by atoms with van der Waals surface area (Å²) in [6, 6.07) is 1.99. The van der Waals surface area contributed by atoms with Crippen molar-refractivity contribution >= 4 is 5.78 Å². The third-order valence-corrected chi connectivity index (χ3v) is 3.84. The first-order valence-corrected chi connectivity index (χ1v) is 6.50. The van der Waals surface area contributed by atoms with Crippen molar-refractivity contribution in [1.29, 1.82) is 5.26 Å². The molecule has 1 fully saturated rings. The molecule has 0 aromatic carbocycles. The highest BCUT2D eigenvalue weighted by Gasteiger charge is 2.30. The van der Waals surface area contributed by atoms with Gasteiger partial charge in [0.1, 0.15) is 11.7 Å². The SMILES string of the molecule is CC1CCC(C#N)C1=O.CC1CCc2cnoc21. The molecule has 4 nitrogen and oxygen atoms in total. The molecule has 2 aliphatic carbocycles. The highest BCUT2D eigenvalue weighted by Crippen LogP contribution is 2.31. The minimum Gasteiger partial charge on any atom is -0.361 e. The molecule has 0 N–H and O–H groups in total. The molecule has 1 heterocycles. The first-order chi connectivity index (χ1) is 8.63. The van der Waals surface area contributed by atoms with Gasteiger partial charge >= 0.3 is 0 Å². The molecule has 0 aliphatic heterocycles. The van der Waals surface area contributed by atoms with Crippen LogP contribution in [-0.4, -0.2) is 10.9 Å². The lowest BCUT2D eigenvalue weighted by atomic mass is 10.1. The maximum absolute atomic E-state index is 10.9. The molecule has 0 radical (unpaired) electrons. The molecule has 0 amide bonds. The van der Waals surface area contributed by atoms with Gasteiger partial charge in [0.05, 0.1) is 12.3 Å². The van der Waals surface area contributed by atoms with Crippen LogP contribution in [0.5, 0.6) is 0 Å². The Labute approximate surface area is 107 Å². The highest BCUT2D eigenvalue weighted by molar-refractivity contribution is 5.87. The fourth-order valence-electron chi connectivity index (χ4n) is 2.54. The Bertz CT molecular complexity index is 472. The van der Waals surface area contributed by atoms with Gasteiger partial charge in [0, 0.05) is 17.4 Å². The van der Waals surface area contributed by atoms with Gasteiger partial charge in [0.15, 0.2) is 5.78 Å². The molecule has 96 valence electrons. The van der Waals surface area contributed by atoms with E-state index in [2.05, 4.69) is 12.1 Å². The van der Waals surface area contributed by atoms with Crippen molar-refractivity contribution in [2.24, 2.45) is 11.8 Å². The predicted molar refractivity (Wildman–Crippen MR) is 65.7 cm³/mol. The van der Waals surface area contributed by atoms with Gasteiger partial charge in [-0.15, -0.1) is 0 Å². The number of aromatic nitrogens is 1. The number of Topliss-reactive ketones (excluding diaryl/α,β-unsaturated/α-hetero) is 1. The summed E-state index contributed by atoms with van der Waals surface area (Å²) < 4.78 is 5.04. The molecular weight excluding hydrogens is 228 g/mol. The van der Waals surface area contributed by atoms with Gasteiger partial charge in [0.2, 0.25) is 0 Å². The highest BCUT2D eigenvalue weighted by atomic mass is 16.5. The smallest absolute Gasteiger partial charge is 0.152 e. The third kappa shape index (κ3) is 2.45. The van der Waals surface area contributed by atoms with Gasteiger partial charge in [-0.05, 0) is 25.7 Å². The molecule has 1 aromatic heterocycles. The lowest BCUT2D eigenvalue weighted by Crippen LogP contribution is -2.08. The van der Waals surface area contributed by atoms with E-state index in [1.807, 2.05) is 19.2 Å². The number of rotatable bonds is 0. The minimum absolute atomic E-state index is 0.134. The largest absolute Gasteiger partial charge is 0.361 e. The van der Waals surface area contributed by atoms with E-state index < -0.39 is 0 Å². The molecule has 0 saturated heterocycles. The van der Waals surface area contributed by atoms with Crippen LogP contribution in [0.15, 0.2) is 10.7 Å². The van der Waals surface area contributed by atoms with Gasteiger partial charge in [-0.25, -0.2) is 0 Å². The Morgan fingerprint density at radius 2 is 2.11 bits per heavy atom. The number of hydrogen-bond acceptors (Lipinski definition) is 4. The first kappa shape index (κ1) is 12.8. The molecule has 2 aliphatic rings. The van der Waals surface area contributed by atoms with E-state index in [9.17, 15) is 4.79 Å². The maximum Gasteiger partial charge on any atom is 0.152 e. The molecule has 18 heavy (non-hydrogen) atoms. The summed E-state index contributed by atoms with van der Waals surface area (Å²) in [6.45, 7) is 4.07. The van der Waals surface area contributed by atoms with E-state index >= 15 is 0 Å². The van der Waals surface area contributed by atoms with Crippen LogP contribution < -0.4 is 0 Å². The third-order valence-electron chi connectivity index (χ3n) is 3.84. The summed E-state index contributed by atoms with van der Waals surface area (Å²) in [6.07, 6.45) is 5.89. The Morgan fingerprint density at radius 1 is 1.33 bits per heavy atom. The van der Waals surface area contributed by atoms with Gasteiger partial charge in [-0.3, -0.25) is 4.79 Å². The number of hydrogen-bond donors (Lipinski definition) is 0. The second kappa shape index (κ2) is 5.34. The quantitative estimate of drug-likeness (QED) is 0.706. The van der Waals surface area contributed by atoms with Crippen molar-refractivity contribution in [1.82, 2.24) is 5.16 Å². The lowest BCUT2D eigenvalue weighted by molar-refractivity contribution is -0.122. The maximum atomic E-state index is 10.9. The van der Waals surface area contributed by atoms with Gasteiger partial charge in [0.25, 0.3) is 0 Å². The Morgan fingerprint density at radius 3 is 2.61 bits per heavy atom. The summed E-state index contributed by atoms with van der Waals surface area (Å²) in [5.74, 6) is 1.68. The molecule has 1 aromatic rings. The van der Waals surface area contributed by atoms with Crippen LogP contribution in [-0.2, 0) is 11.2 Å². The number of aryl methyl sites for hydroxylation is 1. The van der Waals surface area contributed by atoms with Crippen molar-refractivity contribution in [3.63, 3.8) is 0 Å². The Balaban J connectivity index is 0.000000134. The molecular formula is C14H18N2O2. The fourth-order valence-corrected chi connectivity index (χ4v) is 2.54. The molecule has 3 atom stereocenters. The Hall–Kier alpha value is -1.63. The van der Waals surface area contributed by atoms with E-state index in [4.69, 9.17) is 9.78 Å². The summed E-state index contributed by atoms with van der Waals surface area (Å²) in [4.78, 5) is 10.9. The summed E-state index contributed by atoms with van der Waals surface area (Å²) in [5, 5.41) is 12.1. The van der Waals surface area contributed by atoms with E-state index in [0.717, 1.165) is 25.0 Å². The first-order valence-electron chi connectivity index (χ1n) is 6.50. The minimum atomic E-state index is -0.292. The van der Waals surface area contributed by atoms with E-state index in [1.165, 1.54) is 12.0 Å². The molecule has 3 rings (SSSR count). The standard InChI is InChI=1S/2C7H9NO/c1-5-2-3-6-4-8-9-7(5)6;1-5-2-3-6(4-8)7(5)9/h4-5H,2-3H2,1H3;5-6H,2-3H2,1H3. The Kier molecular flexibility index (Phi) is 3.81. The van der Waals surface area contributed by atoms with Crippen molar-refractivity contribution < 1.29 is 9.32 Å². The molecule has 3 unspecified atom stereocenters. The van der Waals surface area contributed by atoms with Crippen LogP contribution in [0.1, 0.15) is 50.4 Å². The lowest BCUT2D eigenvalue weighted by Gasteiger charge is -1.94. The monoisotopic (exact) mass is 246 g/mol. The zero-order valence-corrected chi connectivity index (χ0v) is 10.8. The molecule has 1 saturated carbocycles. The average molecular weight is 246 g/mol. The van der Waals surface area contributed by atoms with Crippen LogP contribution in [0, 0.1) is 23.2 Å². The normalized spacial score (nSPS) is 29.4. The van der Waals surface area contributed by atoms with Crippen LogP contribution in [0.25, 0.3) is 0 Å². The van der Waals surface area contributed by atoms with Gasteiger partial charge in [-0.2, -0.15) is 5.26 Å². The fraction of sp³-hybridized carbons (Fsp3) is 0.643. The van der Waals surface area contributed by atoms with E-state index in [0.29, 0.717) is 5.92 Å². The van der Waals surface area contributed by atoms with E-state index in [-0.39, 0.29) is 17.6 Å². The zero-order valence-electron chi connectivity index (χ0n) is 10.8. The number of carbonyl (C=O) groups is 1. The molecule has 0 bridgehead atoms. The number of nitrogens with zero attached hydrogens (tertiary/aromatic N) is 2. The van der Waals surface area contributed by atoms with Crippen LogP contribution in [0.3, 0.4) is 0 Å². The van der Waals surface area contributed by atoms with Crippen LogP contribution in [0.2, 0.25) is 0 Å². The second-order valence-electron chi connectivity index (χ2n) is 5.22. The van der Waals surface area contributed by atoms with Gasteiger partial charge < -0.3 is 4.52 Å². The van der Waals surface area contributed by atoms with Crippen molar-refractivity contribution in [2.75, 3.05) is 0 Å². The number of carbonyl (C=O) groups excluding carboxylic acids is 1. The average Bonchev–Trinajstić information content (AvgIpc) is 3.03. The van der Waals surface area contributed by atoms with Crippen LogP contribution in [0.4, 0.5) is 0 Å². The van der Waals surface area contributed by atoms with Crippen molar-refractivity contribution in [3.8, 4) is 6.07 Å². The number of fused-ring (bicyclic) bond motifs is 1. The van der Waals surface area contributed by atoms with E-state index in [1.54, 1.807) is 0 Å². The number of nitriles is 1. The van der Waals surface area contributed by atoms with Crippen LogP contribution >= 0.6 is 0 Å². The van der Waals surface area contributed by atoms with Crippen molar-refractivity contribution in [2.45, 2.75) is 45.4 Å². The molecule has 0 spiro atoms.